The minimum Gasteiger partial charge on any atom is -0.273 e. The van der Waals surface area contributed by atoms with Gasteiger partial charge in [0.15, 0.2) is 0 Å². The third-order valence-corrected chi connectivity index (χ3v) is 7.01. The van der Waals surface area contributed by atoms with Crippen LogP contribution in [-0.2, 0) is 10.2 Å². The van der Waals surface area contributed by atoms with Crippen LogP contribution in [0.15, 0.2) is 29.4 Å². The van der Waals surface area contributed by atoms with Crippen LogP contribution in [0.4, 0.5) is 0 Å². The second kappa shape index (κ2) is 6.21. The summed E-state index contributed by atoms with van der Waals surface area (Å²) in [6, 6.07) is 8.54. The molecule has 0 spiro atoms. The zero-order chi connectivity index (χ0) is 18.5. The van der Waals surface area contributed by atoms with Crippen molar-refractivity contribution in [2.75, 3.05) is 0 Å². The van der Waals surface area contributed by atoms with Gasteiger partial charge in [-0.1, -0.05) is 45.0 Å². The van der Waals surface area contributed by atoms with Gasteiger partial charge in [-0.15, -0.1) is 0 Å². The lowest BCUT2D eigenvalue weighted by atomic mass is 9.49. The van der Waals surface area contributed by atoms with E-state index in [9.17, 15) is 4.79 Å². The molecule has 140 valence electrons. The van der Waals surface area contributed by atoms with E-state index in [1.165, 1.54) is 24.8 Å². The summed E-state index contributed by atoms with van der Waals surface area (Å²) in [5, 5.41) is 4.46. The molecule has 1 N–H and O–H groups in total. The van der Waals surface area contributed by atoms with Crippen molar-refractivity contribution < 1.29 is 4.79 Å². The van der Waals surface area contributed by atoms with Gasteiger partial charge in [0, 0.05) is 0 Å². The van der Waals surface area contributed by atoms with Gasteiger partial charge in [-0.05, 0) is 79.7 Å². The standard InChI is InChI=1S/C23H32N2O/c1-15(19-5-7-20(8-6-19)22(2,3)4)24-25-21(26)23-12-16-9-17(13-23)11-18(10-16)14-23/h5-8,16-18H,9-14H2,1-4H3,(H,25,26). The molecule has 3 nitrogen and oxygen atoms in total. The number of carbonyl (C=O) groups is 1. The second-order valence-electron chi connectivity index (χ2n) is 10.2. The molecule has 4 aliphatic carbocycles. The zero-order valence-electron chi connectivity index (χ0n) is 16.6. The Kier molecular flexibility index (Phi) is 4.24. The van der Waals surface area contributed by atoms with Crippen LogP contribution in [0.25, 0.3) is 0 Å². The summed E-state index contributed by atoms with van der Waals surface area (Å²) >= 11 is 0. The van der Waals surface area contributed by atoms with Gasteiger partial charge in [0.25, 0.3) is 0 Å². The third-order valence-electron chi connectivity index (χ3n) is 7.01. The Morgan fingerprint density at radius 3 is 1.96 bits per heavy atom. The van der Waals surface area contributed by atoms with E-state index in [-0.39, 0.29) is 16.7 Å². The number of hydrogen-bond donors (Lipinski definition) is 1. The summed E-state index contributed by atoms with van der Waals surface area (Å²) in [7, 11) is 0. The number of amides is 1. The molecule has 0 unspecified atom stereocenters. The molecule has 4 bridgehead atoms. The fourth-order valence-electron chi connectivity index (χ4n) is 5.92. The van der Waals surface area contributed by atoms with Gasteiger partial charge in [0.2, 0.25) is 5.91 Å². The topological polar surface area (TPSA) is 41.5 Å². The zero-order valence-corrected chi connectivity index (χ0v) is 16.6. The number of nitrogens with one attached hydrogen (secondary N) is 1. The van der Waals surface area contributed by atoms with Crippen LogP contribution in [0.1, 0.15) is 77.3 Å². The molecule has 1 amide bonds. The van der Waals surface area contributed by atoms with Crippen molar-refractivity contribution in [3.05, 3.63) is 35.4 Å². The monoisotopic (exact) mass is 352 g/mol. The fraction of sp³-hybridized carbons (Fsp3) is 0.652. The van der Waals surface area contributed by atoms with E-state index in [4.69, 9.17) is 0 Å². The Hall–Kier alpha value is -1.64. The molecule has 0 heterocycles. The van der Waals surface area contributed by atoms with E-state index in [0.717, 1.165) is 48.3 Å². The van der Waals surface area contributed by atoms with Crippen LogP contribution in [-0.4, -0.2) is 11.6 Å². The Bertz CT molecular complexity index is 688. The number of hydrogen-bond acceptors (Lipinski definition) is 2. The van der Waals surface area contributed by atoms with Crippen molar-refractivity contribution in [3.63, 3.8) is 0 Å². The van der Waals surface area contributed by atoms with Crippen LogP contribution >= 0.6 is 0 Å². The molecule has 4 fully saturated rings. The van der Waals surface area contributed by atoms with Gasteiger partial charge in [-0.25, -0.2) is 5.43 Å². The maximum absolute atomic E-state index is 13.0. The summed E-state index contributed by atoms with van der Waals surface area (Å²) in [5.41, 5.74) is 6.21. The van der Waals surface area contributed by atoms with Crippen LogP contribution in [0.2, 0.25) is 0 Å². The molecule has 0 aromatic heterocycles. The van der Waals surface area contributed by atoms with Gasteiger partial charge in [-0.3, -0.25) is 4.79 Å². The molecule has 1 aromatic carbocycles. The second-order valence-corrected chi connectivity index (χ2v) is 10.2. The van der Waals surface area contributed by atoms with Crippen molar-refractivity contribution >= 4 is 11.6 Å². The van der Waals surface area contributed by atoms with E-state index in [2.05, 4.69) is 55.6 Å². The van der Waals surface area contributed by atoms with Crippen molar-refractivity contribution in [1.29, 1.82) is 0 Å². The highest BCUT2D eigenvalue weighted by molar-refractivity contribution is 5.99. The molecule has 26 heavy (non-hydrogen) atoms. The molecule has 1 aromatic rings. The normalized spacial score (nSPS) is 33.4. The highest BCUT2D eigenvalue weighted by Crippen LogP contribution is 2.60. The van der Waals surface area contributed by atoms with Gasteiger partial charge in [0.05, 0.1) is 11.1 Å². The SMILES string of the molecule is CC(=NNC(=O)C12CC3CC(CC(C3)C1)C2)c1ccc(C(C)(C)C)cc1. The summed E-state index contributed by atoms with van der Waals surface area (Å²) in [6.45, 7) is 8.63. The average Bonchev–Trinajstić information content (AvgIpc) is 2.57. The highest BCUT2D eigenvalue weighted by Gasteiger charge is 2.54. The molecule has 0 aliphatic heterocycles. The number of rotatable bonds is 3. The summed E-state index contributed by atoms with van der Waals surface area (Å²) in [5.74, 6) is 2.51. The van der Waals surface area contributed by atoms with Gasteiger partial charge >= 0.3 is 0 Å². The van der Waals surface area contributed by atoms with Gasteiger partial charge in [-0.2, -0.15) is 5.10 Å². The number of nitrogens with zero attached hydrogens (tertiary/aromatic N) is 1. The summed E-state index contributed by atoms with van der Waals surface area (Å²) in [4.78, 5) is 13.0. The minimum atomic E-state index is -0.130. The van der Waals surface area contributed by atoms with Crippen LogP contribution < -0.4 is 5.43 Å². The smallest absolute Gasteiger partial charge is 0.246 e. The molecule has 3 heteroatoms. The van der Waals surface area contributed by atoms with E-state index < -0.39 is 0 Å². The molecular formula is C23H32N2O. The molecule has 0 radical (unpaired) electrons. The van der Waals surface area contributed by atoms with E-state index in [1.54, 1.807) is 0 Å². The molecule has 0 atom stereocenters. The first-order valence-corrected chi connectivity index (χ1v) is 10.2. The van der Waals surface area contributed by atoms with Gasteiger partial charge < -0.3 is 0 Å². The molecule has 0 saturated heterocycles. The van der Waals surface area contributed by atoms with E-state index in [1.807, 2.05) is 6.92 Å². The maximum atomic E-state index is 13.0. The first-order valence-electron chi connectivity index (χ1n) is 10.2. The molecular weight excluding hydrogens is 320 g/mol. The highest BCUT2D eigenvalue weighted by atomic mass is 16.2. The Balaban J connectivity index is 1.45. The lowest BCUT2D eigenvalue weighted by Crippen LogP contribution is -2.52. The number of carbonyl (C=O) groups excluding carboxylic acids is 1. The Morgan fingerprint density at radius 2 is 1.50 bits per heavy atom. The lowest BCUT2D eigenvalue weighted by molar-refractivity contribution is -0.146. The number of hydrazone groups is 1. The van der Waals surface area contributed by atoms with Crippen molar-refractivity contribution in [2.45, 2.75) is 71.6 Å². The first-order chi connectivity index (χ1) is 12.2. The van der Waals surface area contributed by atoms with Crippen LogP contribution in [0.5, 0.6) is 0 Å². The Morgan fingerprint density at radius 1 is 1.00 bits per heavy atom. The summed E-state index contributed by atoms with van der Waals surface area (Å²) < 4.78 is 0. The Labute approximate surface area is 157 Å². The van der Waals surface area contributed by atoms with Crippen molar-refractivity contribution in [3.8, 4) is 0 Å². The van der Waals surface area contributed by atoms with E-state index in [0.29, 0.717) is 0 Å². The first kappa shape index (κ1) is 17.8. The predicted molar refractivity (Wildman–Crippen MR) is 106 cm³/mol. The largest absolute Gasteiger partial charge is 0.273 e. The van der Waals surface area contributed by atoms with Crippen molar-refractivity contribution in [2.24, 2.45) is 28.3 Å². The van der Waals surface area contributed by atoms with E-state index >= 15 is 0 Å². The molecule has 4 saturated carbocycles. The van der Waals surface area contributed by atoms with Crippen molar-refractivity contribution in [1.82, 2.24) is 5.43 Å². The van der Waals surface area contributed by atoms with Crippen LogP contribution in [0, 0.1) is 23.2 Å². The number of benzene rings is 1. The molecule has 4 aliphatic rings. The predicted octanol–water partition coefficient (Wildman–Crippen LogP) is 5.04. The lowest BCUT2D eigenvalue weighted by Gasteiger charge is -2.55. The maximum Gasteiger partial charge on any atom is 0.246 e. The molecule has 5 rings (SSSR count). The average molecular weight is 353 g/mol. The summed E-state index contributed by atoms with van der Waals surface area (Å²) in [6.07, 6.45) is 7.32. The minimum absolute atomic E-state index is 0.130. The quantitative estimate of drug-likeness (QED) is 0.601. The third kappa shape index (κ3) is 3.21. The van der Waals surface area contributed by atoms with Gasteiger partial charge in [0.1, 0.15) is 0 Å². The fourth-order valence-corrected chi connectivity index (χ4v) is 5.92. The van der Waals surface area contributed by atoms with Crippen LogP contribution in [0.3, 0.4) is 0 Å².